The monoisotopic (exact) mass is 290 g/mol. The minimum absolute atomic E-state index is 0.243. The van der Waals surface area contributed by atoms with E-state index in [1.54, 1.807) is 23.5 Å². The molecule has 5 heteroatoms. The summed E-state index contributed by atoms with van der Waals surface area (Å²) in [6.45, 7) is 2.91. The molecule has 1 unspecified atom stereocenters. The molecule has 0 aliphatic heterocycles. The summed E-state index contributed by atoms with van der Waals surface area (Å²) in [6, 6.07) is 7.42. The molecule has 0 bridgehead atoms. The molecular formula is C15H18N2O2S. The van der Waals surface area contributed by atoms with Crippen LogP contribution in [0.1, 0.15) is 33.9 Å². The third-order valence-corrected chi connectivity index (χ3v) is 4.40. The maximum absolute atomic E-state index is 11.2. The molecule has 1 aromatic heterocycles. The van der Waals surface area contributed by atoms with Gasteiger partial charge in [-0.2, -0.15) is 0 Å². The highest BCUT2D eigenvalue weighted by atomic mass is 32.1. The van der Waals surface area contributed by atoms with E-state index in [1.165, 1.54) is 0 Å². The molecule has 0 fully saturated rings. The number of aromatic carboxylic acids is 1. The number of rotatable bonds is 6. The van der Waals surface area contributed by atoms with Gasteiger partial charge in [-0.3, -0.25) is 4.90 Å². The first kappa shape index (κ1) is 14.7. The highest BCUT2D eigenvalue weighted by Crippen LogP contribution is 2.21. The van der Waals surface area contributed by atoms with Gasteiger partial charge >= 0.3 is 5.97 Å². The molecule has 0 saturated carbocycles. The summed E-state index contributed by atoms with van der Waals surface area (Å²) in [5.41, 5.74) is 1.26. The van der Waals surface area contributed by atoms with Crippen LogP contribution in [0.3, 0.4) is 0 Å². The first-order valence-electron chi connectivity index (χ1n) is 6.50. The van der Waals surface area contributed by atoms with E-state index in [1.807, 2.05) is 30.8 Å². The smallest absolute Gasteiger partial charge is 0.335 e. The summed E-state index contributed by atoms with van der Waals surface area (Å²) in [4.78, 5) is 17.7. The van der Waals surface area contributed by atoms with Crippen LogP contribution in [0, 0.1) is 0 Å². The number of likely N-dealkylation sites (N-methyl/N-ethyl adjacent to an activating group) is 1. The highest BCUT2D eigenvalue weighted by molar-refractivity contribution is 7.09. The Morgan fingerprint density at radius 3 is 2.85 bits per heavy atom. The van der Waals surface area contributed by atoms with Gasteiger partial charge in [-0.05, 0) is 32.0 Å². The van der Waals surface area contributed by atoms with Crippen molar-refractivity contribution in [2.75, 3.05) is 13.6 Å². The fourth-order valence-corrected chi connectivity index (χ4v) is 2.83. The zero-order valence-electron chi connectivity index (χ0n) is 11.6. The lowest BCUT2D eigenvalue weighted by Crippen LogP contribution is -2.25. The van der Waals surface area contributed by atoms with Crippen LogP contribution < -0.4 is 0 Å². The molecule has 106 valence electrons. The van der Waals surface area contributed by atoms with Crippen molar-refractivity contribution < 1.29 is 9.90 Å². The number of aromatic nitrogens is 1. The second kappa shape index (κ2) is 6.63. The Labute approximate surface area is 122 Å². The molecule has 20 heavy (non-hydrogen) atoms. The van der Waals surface area contributed by atoms with Crippen LogP contribution >= 0.6 is 11.3 Å². The van der Waals surface area contributed by atoms with Crippen molar-refractivity contribution in [3.63, 3.8) is 0 Å². The molecule has 0 aliphatic rings. The summed E-state index contributed by atoms with van der Waals surface area (Å²) >= 11 is 1.64. The first-order chi connectivity index (χ1) is 9.59. The predicted octanol–water partition coefficient (Wildman–Crippen LogP) is 3.08. The molecule has 0 aliphatic carbocycles. The second-order valence-corrected chi connectivity index (χ2v) is 5.67. The number of carboxylic acid groups (broad SMARTS) is 1. The SMILES string of the molecule is CC(c1nccs1)N(C)CCc1ccccc1C(=O)O. The molecule has 4 nitrogen and oxygen atoms in total. The number of carboxylic acids is 1. The number of hydrogen-bond donors (Lipinski definition) is 1. The standard InChI is InChI=1S/C15H18N2O2S/c1-11(14-16-8-10-20-14)17(2)9-7-12-5-3-4-6-13(12)15(18)19/h3-6,8,10-11H,7,9H2,1-2H3,(H,18,19). The van der Waals surface area contributed by atoms with Crippen LogP contribution in [-0.4, -0.2) is 34.6 Å². The Morgan fingerprint density at radius 2 is 2.20 bits per heavy atom. The fourth-order valence-electron chi connectivity index (χ4n) is 2.07. The zero-order valence-corrected chi connectivity index (χ0v) is 12.4. The van der Waals surface area contributed by atoms with Crippen LogP contribution in [-0.2, 0) is 6.42 Å². The number of carbonyl (C=O) groups is 1. The first-order valence-corrected chi connectivity index (χ1v) is 7.38. The van der Waals surface area contributed by atoms with E-state index in [2.05, 4.69) is 16.8 Å². The minimum Gasteiger partial charge on any atom is -0.478 e. The maximum Gasteiger partial charge on any atom is 0.335 e. The Bertz CT molecular complexity index is 569. The van der Waals surface area contributed by atoms with Crippen molar-refractivity contribution in [2.45, 2.75) is 19.4 Å². The Hall–Kier alpha value is -1.72. The number of thiazole rings is 1. The lowest BCUT2D eigenvalue weighted by atomic mass is 10.0. The molecule has 0 saturated heterocycles. The average molecular weight is 290 g/mol. The van der Waals surface area contributed by atoms with Gasteiger partial charge in [0.2, 0.25) is 0 Å². The average Bonchev–Trinajstić information content (AvgIpc) is 2.98. The van der Waals surface area contributed by atoms with Gasteiger partial charge in [-0.15, -0.1) is 11.3 Å². The fraction of sp³-hybridized carbons (Fsp3) is 0.333. The van der Waals surface area contributed by atoms with Crippen LogP contribution in [0.4, 0.5) is 0 Å². The van der Waals surface area contributed by atoms with Gasteiger partial charge in [0.15, 0.2) is 0 Å². The van der Waals surface area contributed by atoms with Gasteiger partial charge in [0, 0.05) is 18.1 Å². The quantitative estimate of drug-likeness (QED) is 0.888. The van der Waals surface area contributed by atoms with E-state index in [0.29, 0.717) is 12.0 Å². The molecular weight excluding hydrogens is 272 g/mol. The number of benzene rings is 1. The van der Waals surface area contributed by atoms with E-state index in [-0.39, 0.29) is 6.04 Å². The van der Waals surface area contributed by atoms with Gasteiger partial charge < -0.3 is 5.11 Å². The van der Waals surface area contributed by atoms with E-state index in [9.17, 15) is 4.79 Å². The topological polar surface area (TPSA) is 53.4 Å². The van der Waals surface area contributed by atoms with Gasteiger partial charge in [0.05, 0.1) is 11.6 Å². The molecule has 2 rings (SSSR count). The normalized spacial score (nSPS) is 12.6. The number of nitrogens with zero attached hydrogens (tertiary/aromatic N) is 2. The largest absolute Gasteiger partial charge is 0.478 e. The van der Waals surface area contributed by atoms with Crippen LogP contribution in [0.2, 0.25) is 0 Å². The van der Waals surface area contributed by atoms with Crippen LogP contribution in [0.15, 0.2) is 35.8 Å². The minimum atomic E-state index is -0.865. The van der Waals surface area contributed by atoms with Crippen molar-refractivity contribution in [2.24, 2.45) is 0 Å². The van der Waals surface area contributed by atoms with Crippen molar-refractivity contribution in [3.05, 3.63) is 52.0 Å². The highest BCUT2D eigenvalue weighted by Gasteiger charge is 2.15. The van der Waals surface area contributed by atoms with E-state index in [0.717, 1.165) is 17.1 Å². The summed E-state index contributed by atoms with van der Waals surface area (Å²) in [5.74, 6) is -0.865. The summed E-state index contributed by atoms with van der Waals surface area (Å²) in [6.07, 6.45) is 2.53. The maximum atomic E-state index is 11.2. The molecule has 1 atom stereocenters. The second-order valence-electron chi connectivity index (χ2n) is 4.74. The van der Waals surface area contributed by atoms with Crippen molar-refractivity contribution in [3.8, 4) is 0 Å². The molecule has 1 heterocycles. The van der Waals surface area contributed by atoms with E-state index < -0.39 is 5.97 Å². The Morgan fingerprint density at radius 1 is 1.45 bits per heavy atom. The Kier molecular flexibility index (Phi) is 4.87. The van der Waals surface area contributed by atoms with Crippen LogP contribution in [0.5, 0.6) is 0 Å². The number of hydrogen-bond acceptors (Lipinski definition) is 4. The van der Waals surface area contributed by atoms with Crippen molar-refractivity contribution in [1.82, 2.24) is 9.88 Å². The molecule has 2 aromatic rings. The predicted molar refractivity (Wildman–Crippen MR) is 80.3 cm³/mol. The Balaban J connectivity index is 2.00. The third kappa shape index (κ3) is 3.43. The van der Waals surface area contributed by atoms with Gasteiger partial charge in [-0.1, -0.05) is 18.2 Å². The molecule has 1 aromatic carbocycles. The summed E-state index contributed by atoms with van der Waals surface area (Å²) < 4.78 is 0. The van der Waals surface area contributed by atoms with Gasteiger partial charge in [0.1, 0.15) is 5.01 Å². The summed E-state index contributed by atoms with van der Waals surface area (Å²) in [5, 5.41) is 12.2. The van der Waals surface area contributed by atoms with E-state index in [4.69, 9.17) is 5.11 Å². The zero-order chi connectivity index (χ0) is 14.5. The summed E-state index contributed by atoms with van der Waals surface area (Å²) in [7, 11) is 2.04. The molecule has 0 radical (unpaired) electrons. The van der Waals surface area contributed by atoms with Gasteiger partial charge in [0.25, 0.3) is 0 Å². The van der Waals surface area contributed by atoms with Gasteiger partial charge in [-0.25, -0.2) is 9.78 Å². The third-order valence-electron chi connectivity index (χ3n) is 3.45. The molecule has 1 N–H and O–H groups in total. The molecule has 0 amide bonds. The lowest BCUT2D eigenvalue weighted by molar-refractivity contribution is 0.0695. The van der Waals surface area contributed by atoms with E-state index >= 15 is 0 Å². The molecule has 0 spiro atoms. The van der Waals surface area contributed by atoms with Crippen molar-refractivity contribution in [1.29, 1.82) is 0 Å². The van der Waals surface area contributed by atoms with Crippen LogP contribution in [0.25, 0.3) is 0 Å². The lowest BCUT2D eigenvalue weighted by Gasteiger charge is -2.23. The van der Waals surface area contributed by atoms with Crippen molar-refractivity contribution >= 4 is 17.3 Å².